The Morgan fingerprint density at radius 2 is 0.763 bits per heavy atom. The number of rotatable bonds is 12. The first-order valence-electron chi connectivity index (χ1n) is 21.3. The van der Waals surface area contributed by atoms with Crippen molar-refractivity contribution < 1.29 is 27.1 Å². The Kier molecular flexibility index (Phi) is 13.3. The smallest absolute Gasteiger partial charge is 0.397 e. The molecule has 6 rings (SSSR count). The summed E-state index contributed by atoms with van der Waals surface area (Å²) in [5.74, 6) is 1.57. The van der Waals surface area contributed by atoms with Gasteiger partial charge in [-0.2, -0.15) is 0 Å². The van der Waals surface area contributed by atoms with E-state index in [1.54, 1.807) is 0 Å². The minimum Gasteiger partial charge on any atom is -0.426 e. The first-order valence-corrected chi connectivity index (χ1v) is 23.5. The normalized spacial score (nSPS) is 21.1. The van der Waals surface area contributed by atoms with E-state index in [1.165, 1.54) is 22.3 Å². The molecule has 2 fully saturated rings. The van der Waals surface area contributed by atoms with Crippen molar-refractivity contribution in [3.63, 3.8) is 0 Å². The second-order valence-electron chi connectivity index (χ2n) is 21.9. The van der Waals surface area contributed by atoms with Crippen LogP contribution in [-0.2, 0) is 39.8 Å². The zero-order valence-electron chi connectivity index (χ0n) is 38.3. The van der Waals surface area contributed by atoms with Gasteiger partial charge < -0.3 is 27.1 Å². The van der Waals surface area contributed by atoms with Gasteiger partial charge in [-0.25, -0.2) is 0 Å². The Balaban J connectivity index is 1.16. The molecule has 59 heavy (non-hydrogen) atoms. The molecular formula is C51H70O6P2. The average molecular weight is 841 g/mol. The Hall–Kier alpha value is -2.82. The summed E-state index contributed by atoms with van der Waals surface area (Å²) in [5, 5.41) is 0. The topological polar surface area (TPSA) is 55.4 Å². The van der Waals surface area contributed by atoms with Crippen molar-refractivity contribution in [1.82, 2.24) is 0 Å². The minimum atomic E-state index is -1.64. The van der Waals surface area contributed by atoms with Gasteiger partial charge in [-0.15, -0.1) is 0 Å². The van der Waals surface area contributed by atoms with Crippen LogP contribution in [0.3, 0.4) is 0 Å². The zero-order valence-corrected chi connectivity index (χ0v) is 40.1. The molecule has 0 bridgehead atoms. The van der Waals surface area contributed by atoms with Crippen LogP contribution in [0, 0.1) is 16.2 Å². The molecule has 0 aliphatic carbocycles. The molecule has 4 aromatic rings. The van der Waals surface area contributed by atoms with Gasteiger partial charge in [-0.05, 0) is 68.9 Å². The van der Waals surface area contributed by atoms with Crippen LogP contribution >= 0.6 is 17.2 Å². The highest BCUT2D eigenvalue weighted by molar-refractivity contribution is 7.42. The summed E-state index contributed by atoms with van der Waals surface area (Å²) in [4.78, 5) is 0. The minimum absolute atomic E-state index is 0.0237. The molecule has 8 heteroatoms. The fourth-order valence-corrected chi connectivity index (χ4v) is 11.8. The molecule has 2 aliphatic heterocycles. The summed E-state index contributed by atoms with van der Waals surface area (Å²) in [6.45, 7) is 33.9. The molecule has 2 heterocycles. The van der Waals surface area contributed by atoms with Gasteiger partial charge in [0.2, 0.25) is 0 Å². The molecule has 0 unspecified atom stereocenters. The standard InChI is InChI=1S/C51H70O6P2/c1-45(2,3)31-47(7,8)39-25-27-43(41(29-39)49(11,12)37-21-17-15-18-22-37)56-58-52-33-51(34-53-58)35-54-59(55-36-51)57-44-28-26-40(48(9,10)32-46(4,5)6)30-42(44)50(13,14)38-23-19-16-20-24-38/h15-30H,31-36H2,1-14H3. The number of hydrogen-bond donors (Lipinski definition) is 0. The summed E-state index contributed by atoms with van der Waals surface area (Å²) in [6.07, 6.45) is 2.11. The lowest BCUT2D eigenvalue weighted by molar-refractivity contribution is -0.0673. The fourth-order valence-electron chi connectivity index (χ4n) is 9.26. The first kappa shape index (κ1) is 45.7. The van der Waals surface area contributed by atoms with Gasteiger partial charge in [0.15, 0.2) is 0 Å². The third kappa shape index (κ3) is 11.0. The average Bonchev–Trinajstić information content (AvgIpc) is 3.15. The van der Waals surface area contributed by atoms with Crippen molar-refractivity contribution in [3.8, 4) is 11.5 Å². The maximum Gasteiger partial charge on any atom is 0.397 e. The predicted octanol–water partition coefficient (Wildman–Crippen LogP) is 14.8. The van der Waals surface area contributed by atoms with E-state index in [4.69, 9.17) is 27.1 Å². The predicted molar refractivity (Wildman–Crippen MR) is 246 cm³/mol. The van der Waals surface area contributed by atoms with Crippen LogP contribution in [0.1, 0.15) is 143 Å². The zero-order chi connectivity index (χ0) is 43.1. The lowest BCUT2D eigenvalue weighted by Gasteiger charge is -2.42. The van der Waals surface area contributed by atoms with Gasteiger partial charge in [-0.1, -0.05) is 182 Å². The van der Waals surface area contributed by atoms with E-state index in [9.17, 15) is 0 Å². The van der Waals surface area contributed by atoms with E-state index in [1.807, 2.05) is 0 Å². The molecule has 0 aromatic heterocycles. The molecule has 0 amide bonds. The molecule has 2 aliphatic rings. The molecule has 0 radical (unpaired) electrons. The van der Waals surface area contributed by atoms with Crippen molar-refractivity contribution in [2.75, 3.05) is 26.4 Å². The van der Waals surface area contributed by atoms with E-state index in [0.717, 1.165) is 35.5 Å². The SMILES string of the molecule is CC(C)(C)CC(C)(C)c1ccc(OP2OCC3(CO2)COP(Oc2ccc(C(C)(C)CC(C)(C)C)cc2C(C)(C)c2ccccc2)OC3)c(C(C)(C)c2ccccc2)c1. The summed E-state index contributed by atoms with van der Waals surface area (Å²) < 4.78 is 38.9. The summed E-state index contributed by atoms with van der Waals surface area (Å²) in [5.41, 5.74) is 6.50. The van der Waals surface area contributed by atoms with Gasteiger partial charge in [0.05, 0.1) is 31.8 Å². The van der Waals surface area contributed by atoms with Gasteiger partial charge in [0.25, 0.3) is 0 Å². The van der Waals surface area contributed by atoms with Crippen LogP contribution in [0.5, 0.6) is 11.5 Å². The molecule has 6 nitrogen and oxygen atoms in total. The Labute approximate surface area is 359 Å². The van der Waals surface area contributed by atoms with Crippen LogP contribution in [0.2, 0.25) is 0 Å². The maximum absolute atomic E-state index is 6.66. The molecule has 0 N–H and O–H groups in total. The van der Waals surface area contributed by atoms with Crippen molar-refractivity contribution >= 4 is 17.2 Å². The third-order valence-electron chi connectivity index (χ3n) is 12.1. The Bertz CT molecular complexity index is 1860. The number of benzene rings is 4. The molecule has 0 atom stereocenters. The monoisotopic (exact) mass is 840 g/mol. The van der Waals surface area contributed by atoms with Gasteiger partial charge >= 0.3 is 17.2 Å². The van der Waals surface area contributed by atoms with E-state index in [2.05, 4.69) is 194 Å². The lowest BCUT2D eigenvalue weighted by Crippen LogP contribution is -2.45. The van der Waals surface area contributed by atoms with Crippen molar-refractivity contribution in [1.29, 1.82) is 0 Å². The van der Waals surface area contributed by atoms with E-state index >= 15 is 0 Å². The van der Waals surface area contributed by atoms with E-state index in [-0.39, 0.29) is 32.5 Å². The quantitative estimate of drug-likeness (QED) is 0.132. The van der Waals surface area contributed by atoms with Crippen molar-refractivity contribution in [3.05, 3.63) is 130 Å². The van der Waals surface area contributed by atoms with E-state index in [0.29, 0.717) is 26.4 Å². The molecule has 0 saturated carbocycles. The van der Waals surface area contributed by atoms with Gasteiger partial charge in [0.1, 0.15) is 11.5 Å². The van der Waals surface area contributed by atoms with Crippen molar-refractivity contribution in [2.24, 2.45) is 16.2 Å². The van der Waals surface area contributed by atoms with E-state index < -0.39 is 22.6 Å². The Morgan fingerprint density at radius 3 is 1.07 bits per heavy atom. The highest BCUT2D eigenvalue weighted by Crippen LogP contribution is 2.55. The highest BCUT2D eigenvalue weighted by atomic mass is 31.2. The second kappa shape index (κ2) is 17.2. The van der Waals surface area contributed by atoms with Crippen LogP contribution in [-0.4, -0.2) is 26.4 Å². The molecule has 320 valence electrons. The van der Waals surface area contributed by atoms with Crippen LogP contribution in [0.4, 0.5) is 0 Å². The molecule has 1 spiro atoms. The lowest BCUT2D eigenvalue weighted by atomic mass is 9.70. The van der Waals surface area contributed by atoms with Crippen LogP contribution < -0.4 is 9.05 Å². The molecule has 2 saturated heterocycles. The molecular weight excluding hydrogens is 771 g/mol. The van der Waals surface area contributed by atoms with Crippen molar-refractivity contribution in [2.45, 2.75) is 131 Å². The highest BCUT2D eigenvalue weighted by Gasteiger charge is 2.46. The first-order chi connectivity index (χ1) is 27.4. The maximum atomic E-state index is 6.66. The van der Waals surface area contributed by atoms with Crippen LogP contribution in [0.25, 0.3) is 0 Å². The third-order valence-corrected chi connectivity index (χ3v) is 14.1. The molecule has 4 aromatic carbocycles. The Morgan fingerprint density at radius 1 is 0.441 bits per heavy atom. The summed E-state index contributed by atoms with van der Waals surface area (Å²) in [7, 11) is -3.28. The van der Waals surface area contributed by atoms with Gasteiger partial charge in [0, 0.05) is 22.0 Å². The van der Waals surface area contributed by atoms with Crippen LogP contribution in [0.15, 0.2) is 97.1 Å². The number of hydrogen-bond acceptors (Lipinski definition) is 6. The summed E-state index contributed by atoms with van der Waals surface area (Å²) >= 11 is 0. The summed E-state index contributed by atoms with van der Waals surface area (Å²) in [6, 6.07) is 34.6. The largest absolute Gasteiger partial charge is 0.426 e. The second-order valence-corrected chi connectivity index (χ2v) is 24.2. The fraction of sp³-hybridized carbons (Fsp3) is 0.529. The van der Waals surface area contributed by atoms with Gasteiger partial charge in [-0.3, -0.25) is 0 Å².